The summed E-state index contributed by atoms with van der Waals surface area (Å²) in [6.07, 6.45) is 0. The second kappa shape index (κ2) is 7.49. The standard InChI is InChI=1S/C22H33N5O/c1-21(2,3)18-16-19(27(24-18)22(4,5)6)23-20(28)26-14-12-25(13-15-26)17-10-8-7-9-11-17/h7-11,16H,12-15H2,1-6H3,(H,23,28). The van der Waals surface area contributed by atoms with E-state index in [1.165, 1.54) is 5.69 Å². The van der Waals surface area contributed by atoms with Crippen molar-refractivity contribution in [2.45, 2.75) is 52.5 Å². The first kappa shape index (κ1) is 20.2. The summed E-state index contributed by atoms with van der Waals surface area (Å²) in [4.78, 5) is 17.1. The number of piperazine rings is 1. The zero-order valence-electron chi connectivity index (χ0n) is 18.0. The maximum Gasteiger partial charge on any atom is 0.323 e. The molecule has 0 bridgehead atoms. The lowest BCUT2D eigenvalue weighted by Crippen LogP contribution is -2.50. The highest BCUT2D eigenvalue weighted by Gasteiger charge is 2.27. The fraction of sp³-hybridized carbons (Fsp3) is 0.545. The van der Waals surface area contributed by atoms with Crippen LogP contribution in [-0.2, 0) is 11.0 Å². The molecule has 0 atom stereocenters. The van der Waals surface area contributed by atoms with Crippen LogP contribution in [0.4, 0.5) is 16.3 Å². The molecule has 2 heterocycles. The second-order valence-electron chi connectivity index (χ2n) is 9.49. The van der Waals surface area contributed by atoms with E-state index in [0.717, 1.165) is 24.6 Å². The van der Waals surface area contributed by atoms with Gasteiger partial charge in [0.1, 0.15) is 5.82 Å². The van der Waals surface area contributed by atoms with Gasteiger partial charge < -0.3 is 9.80 Å². The van der Waals surface area contributed by atoms with E-state index >= 15 is 0 Å². The third-order valence-electron chi connectivity index (χ3n) is 5.04. The molecule has 152 valence electrons. The minimum Gasteiger partial charge on any atom is -0.368 e. The van der Waals surface area contributed by atoms with Crippen molar-refractivity contribution in [2.75, 3.05) is 36.4 Å². The van der Waals surface area contributed by atoms with Crippen molar-refractivity contribution in [1.29, 1.82) is 0 Å². The number of hydrogen-bond donors (Lipinski definition) is 1. The number of para-hydroxylation sites is 1. The summed E-state index contributed by atoms with van der Waals surface area (Å²) in [7, 11) is 0. The molecular formula is C22H33N5O. The summed E-state index contributed by atoms with van der Waals surface area (Å²) >= 11 is 0. The highest BCUT2D eigenvalue weighted by Crippen LogP contribution is 2.28. The van der Waals surface area contributed by atoms with Crippen LogP contribution in [0.25, 0.3) is 0 Å². The Balaban J connectivity index is 1.69. The molecule has 0 aliphatic carbocycles. The Bertz CT molecular complexity index is 806. The Morgan fingerprint density at radius 3 is 2.11 bits per heavy atom. The molecule has 2 aromatic rings. The molecule has 28 heavy (non-hydrogen) atoms. The summed E-state index contributed by atoms with van der Waals surface area (Å²) in [5.74, 6) is 0.757. The van der Waals surface area contributed by atoms with E-state index in [1.54, 1.807) is 0 Å². The molecule has 2 amide bonds. The minimum atomic E-state index is -0.210. The number of rotatable bonds is 2. The summed E-state index contributed by atoms with van der Waals surface area (Å²) in [5.41, 5.74) is 1.91. The van der Waals surface area contributed by atoms with Crippen molar-refractivity contribution in [3.63, 3.8) is 0 Å². The number of aromatic nitrogens is 2. The highest BCUT2D eigenvalue weighted by molar-refractivity contribution is 5.88. The van der Waals surface area contributed by atoms with Crippen LogP contribution in [0.3, 0.4) is 0 Å². The van der Waals surface area contributed by atoms with Gasteiger partial charge in [0.25, 0.3) is 0 Å². The number of urea groups is 1. The van der Waals surface area contributed by atoms with Gasteiger partial charge in [0.2, 0.25) is 0 Å². The molecule has 0 spiro atoms. The van der Waals surface area contributed by atoms with E-state index in [9.17, 15) is 4.79 Å². The first-order valence-electron chi connectivity index (χ1n) is 10.0. The molecule has 0 unspecified atom stereocenters. The number of hydrogen-bond acceptors (Lipinski definition) is 3. The van der Waals surface area contributed by atoms with E-state index in [2.05, 4.69) is 76.0 Å². The van der Waals surface area contributed by atoms with Crippen LogP contribution in [0.1, 0.15) is 47.2 Å². The zero-order chi connectivity index (χ0) is 20.5. The number of nitrogens with zero attached hydrogens (tertiary/aromatic N) is 4. The van der Waals surface area contributed by atoms with Crippen molar-refractivity contribution < 1.29 is 4.79 Å². The van der Waals surface area contributed by atoms with Gasteiger partial charge in [-0.15, -0.1) is 0 Å². The highest BCUT2D eigenvalue weighted by atomic mass is 16.2. The molecule has 1 aliphatic rings. The van der Waals surface area contributed by atoms with Crippen LogP contribution in [0.5, 0.6) is 0 Å². The summed E-state index contributed by atoms with van der Waals surface area (Å²) < 4.78 is 1.92. The largest absolute Gasteiger partial charge is 0.368 e. The third-order valence-corrected chi connectivity index (χ3v) is 5.04. The number of anilines is 2. The van der Waals surface area contributed by atoms with E-state index in [4.69, 9.17) is 5.10 Å². The lowest BCUT2D eigenvalue weighted by atomic mass is 9.92. The van der Waals surface area contributed by atoms with Crippen LogP contribution in [0.15, 0.2) is 36.4 Å². The quantitative estimate of drug-likeness (QED) is 0.842. The fourth-order valence-electron chi connectivity index (χ4n) is 3.34. The summed E-state index contributed by atoms with van der Waals surface area (Å²) in [5, 5.41) is 7.88. The van der Waals surface area contributed by atoms with Crippen LogP contribution in [0.2, 0.25) is 0 Å². The molecule has 1 fully saturated rings. The molecule has 6 nitrogen and oxygen atoms in total. The van der Waals surface area contributed by atoms with Crippen LogP contribution < -0.4 is 10.2 Å². The third kappa shape index (κ3) is 4.49. The Morgan fingerprint density at radius 1 is 0.964 bits per heavy atom. The van der Waals surface area contributed by atoms with Crippen LogP contribution in [0, 0.1) is 0 Å². The van der Waals surface area contributed by atoms with Gasteiger partial charge in [0.05, 0.1) is 11.2 Å². The Hall–Kier alpha value is -2.50. The normalized spacial score (nSPS) is 15.6. The first-order chi connectivity index (χ1) is 13.1. The van der Waals surface area contributed by atoms with Gasteiger partial charge in [-0.1, -0.05) is 39.0 Å². The smallest absolute Gasteiger partial charge is 0.323 e. The van der Waals surface area contributed by atoms with E-state index in [0.29, 0.717) is 13.1 Å². The van der Waals surface area contributed by atoms with Crippen molar-refractivity contribution >= 4 is 17.5 Å². The van der Waals surface area contributed by atoms with Gasteiger partial charge in [0, 0.05) is 43.3 Å². The average molecular weight is 384 g/mol. The van der Waals surface area contributed by atoms with Crippen LogP contribution >= 0.6 is 0 Å². The maximum absolute atomic E-state index is 12.9. The molecule has 3 rings (SSSR count). The van der Waals surface area contributed by atoms with E-state index < -0.39 is 0 Å². The second-order valence-corrected chi connectivity index (χ2v) is 9.49. The van der Waals surface area contributed by atoms with E-state index in [-0.39, 0.29) is 17.0 Å². The van der Waals surface area contributed by atoms with Crippen molar-refractivity contribution in [3.8, 4) is 0 Å². The molecule has 1 aromatic heterocycles. The van der Waals surface area contributed by atoms with Gasteiger partial charge in [-0.25, -0.2) is 9.48 Å². The Kier molecular flexibility index (Phi) is 5.41. The predicted octanol–water partition coefficient (Wildman–Crippen LogP) is 4.29. The summed E-state index contributed by atoms with van der Waals surface area (Å²) in [6, 6.07) is 12.3. The Morgan fingerprint density at radius 2 is 1.57 bits per heavy atom. The minimum absolute atomic E-state index is 0.0569. The van der Waals surface area contributed by atoms with Crippen molar-refractivity contribution in [3.05, 3.63) is 42.1 Å². The average Bonchev–Trinajstić information content (AvgIpc) is 3.07. The number of nitrogens with one attached hydrogen (secondary N) is 1. The van der Waals surface area contributed by atoms with Gasteiger partial charge in [-0.05, 0) is 32.9 Å². The molecule has 1 saturated heterocycles. The number of amides is 2. The first-order valence-corrected chi connectivity index (χ1v) is 10.0. The zero-order valence-corrected chi connectivity index (χ0v) is 18.0. The number of carbonyl (C=O) groups excluding carboxylic acids is 1. The molecule has 1 aliphatic heterocycles. The molecule has 6 heteroatoms. The number of benzene rings is 1. The lowest BCUT2D eigenvalue weighted by Gasteiger charge is -2.36. The monoisotopic (exact) mass is 383 g/mol. The molecule has 0 radical (unpaired) electrons. The van der Waals surface area contributed by atoms with Gasteiger partial charge in [-0.3, -0.25) is 5.32 Å². The molecular weight excluding hydrogens is 350 g/mol. The predicted molar refractivity (Wildman–Crippen MR) is 115 cm³/mol. The SMILES string of the molecule is CC(C)(C)c1cc(NC(=O)N2CCN(c3ccccc3)CC2)n(C(C)(C)C)n1. The lowest BCUT2D eigenvalue weighted by molar-refractivity contribution is 0.207. The summed E-state index contributed by atoms with van der Waals surface area (Å²) in [6.45, 7) is 15.8. The van der Waals surface area contributed by atoms with E-state index in [1.807, 2.05) is 21.7 Å². The van der Waals surface area contributed by atoms with Crippen LogP contribution in [-0.4, -0.2) is 46.9 Å². The van der Waals surface area contributed by atoms with Gasteiger partial charge in [0.15, 0.2) is 0 Å². The maximum atomic E-state index is 12.9. The molecule has 1 aromatic carbocycles. The fourth-order valence-corrected chi connectivity index (χ4v) is 3.34. The molecule has 1 N–H and O–H groups in total. The topological polar surface area (TPSA) is 53.4 Å². The van der Waals surface area contributed by atoms with Gasteiger partial charge in [-0.2, -0.15) is 5.10 Å². The van der Waals surface area contributed by atoms with Gasteiger partial charge >= 0.3 is 6.03 Å². The molecule has 0 saturated carbocycles. The Labute approximate surface area is 168 Å². The van der Waals surface area contributed by atoms with Crippen molar-refractivity contribution in [1.82, 2.24) is 14.7 Å². The number of carbonyl (C=O) groups is 1. The van der Waals surface area contributed by atoms with Crippen molar-refractivity contribution in [2.24, 2.45) is 0 Å².